The lowest BCUT2D eigenvalue weighted by molar-refractivity contribution is 0.0891. The third kappa shape index (κ3) is 4.10. The molecule has 0 aromatic heterocycles. The zero-order valence-electron chi connectivity index (χ0n) is 9.58. The number of halogens is 4. The van der Waals surface area contributed by atoms with Crippen LogP contribution in [0.5, 0.6) is 0 Å². The van der Waals surface area contributed by atoms with Gasteiger partial charge < -0.3 is 5.32 Å². The summed E-state index contributed by atoms with van der Waals surface area (Å²) in [5, 5.41) is 1.83. The molecule has 1 N–H and O–H groups in total. The summed E-state index contributed by atoms with van der Waals surface area (Å²) in [5.74, 6) is -1.98. The largest absolute Gasteiger partial charge is 0.346 e. The van der Waals surface area contributed by atoms with Crippen molar-refractivity contribution in [3.8, 4) is 0 Å². The van der Waals surface area contributed by atoms with Crippen LogP contribution in [0.4, 0.5) is 13.2 Å². The first-order chi connectivity index (χ1) is 8.62. The van der Waals surface area contributed by atoms with Gasteiger partial charge in [-0.3, -0.25) is 4.79 Å². The van der Waals surface area contributed by atoms with Gasteiger partial charge in [-0.05, 0) is 19.1 Å². The minimum atomic E-state index is -4.24. The lowest BCUT2D eigenvalue weighted by atomic mass is 10.1. The first-order valence-electron chi connectivity index (χ1n) is 4.94. The van der Waals surface area contributed by atoms with E-state index in [0.717, 1.165) is 12.1 Å². The summed E-state index contributed by atoms with van der Waals surface area (Å²) in [5.41, 5.74) is -0.650. The van der Waals surface area contributed by atoms with Gasteiger partial charge in [-0.1, -0.05) is 0 Å². The first kappa shape index (κ1) is 15.8. The molecule has 0 aliphatic heterocycles. The van der Waals surface area contributed by atoms with Crippen molar-refractivity contribution in [3.05, 3.63) is 29.1 Å². The summed E-state index contributed by atoms with van der Waals surface area (Å²) in [6.07, 6.45) is -2.77. The third-order valence-corrected chi connectivity index (χ3v) is 3.69. The molecule has 4 nitrogen and oxygen atoms in total. The van der Waals surface area contributed by atoms with E-state index >= 15 is 0 Å². The smallest absolute Gasteiger partial charge is 0.261 e. The molecule has 0 unspecified atom stereocenters. The molecule has 0 heterocycles. The number of rotatable bonds is 4. The van der Waals surface area contributed by atoms with Crippen molar-refractivity contribution in [1.29, 1.82) is 0 Å². The van der Waals surface area contributed by atoms with Crippen LogP contribution in [0, 0.1) is 12.7 Å². The minimum absolute atomic E-state index is 0.250. The number of amides is 1. The summed E-state index contributed by atoms with van der Waals surface area (Å²) in [4.78, 5) is 10.9. The van der Waals surface area contributed by atoms with Crippen molar-refractivity contribution in [1.82, 2.24) is 5.32 Å². The molecule has 0 saturated carbocycles. The Bertz CT molecular complexity index is 604. The number of hydrogen-bond donors (Lipinski definition) is 1. The van der Waals surface area contributed by atoms with Crippen LogP contribution in [0.3, 0.4) is 0 Å². The molecule has 0 saturated heterocycles. The number of hydrogen-bond acceptors (Lipinski definition) is 3. The number of alkyl halides is 2. The first-order valence-corrected chi connectivity index (χ1v) is 7.25. The maximum absolute atomic E-state index is 13.5. The van der Waals surface area contributed by atoms with E-state index in [4.69, 9.17) is 10.7 Å². The standard InChI is InChI=1S/C10H9ClF3NO3S/c1-5-7(12)2-6(3-8(5)19(11,17)18)10(16)15-4-9(13)14/h2-3,9H,4H2,1H3,(H,15,16). The predicted molar refractivity (Wildman–Crippen MR) is 62.5 cm³/mol. The Balaban J connectivity index is 3.18. The van der Waals surface area contributed by atoms with E-state index < -0.39 is 44.2 Å². The van der Waals surface area contributed by atoms with Gasteiger partial charge in [0.05, 0.1) is 11.4 Å². The Morgan fingerprint density at radius 2 is 2.00 bits per heavy atom. The topological polar surface area (TPSA) is 63.2 Å². The number of carbonyl (C=O) groups is 1. The van der Waals surface area contributed by atoms with E-state index in [0.29, 0.717) is 0 Å². The molecule has 1 rings (SSSR count). The van der Waals surface area contributed by atoms with Crippen LogP contribution in [0.25, 0.3) is 0 Å². The summed E-state index contributed by atoms with van der Waals surface area (Å²) in [7, 11) is 0.855. The molecule has 0 fully saturated rings. The van der Waals surface area contributed by atoms with Crippen molar-refractivity contribution >= 4 is 25.6 Å². The van der Waals surface area contributed by atoms with Gasteiger partial charge in [-0.15, -0.1) is 0 Å². The van der Waals surface area contributed by atoms with Crippen molar-refractivity contribution < 1.29 is 26.4 Å². The normalized spacial score (nSPS) is 11.7. The predicted octanol–water partition coefficient (Wildman–Crippen LogP) is 2.06. The fourth-order valence-electron chi connectivity index (χ4n) is 1.31. The van der Waals surface area contributed by atoms with E-state index in [-0.39, 0.29) is 5.56 Å². The van der Waals surface area contributed by atoms with Crippen LogP contribution in [-0.2, 0) is 9.05 Å². The van der Waals surface area contributed by atoms with Crippen molar-refractivity contribution in [3.63, 3.8) is 0 Å². The van der Waals surface area contributed by atoms with Crippen molar-refractivity contribution in [2.45, 2.75) is 18.2 Å². The van der Waals surface area contributed by atoms with E-state index in [1.54, 1.807) is 0 Å². The lowest BCUT2D eigenvalue weighted by Gasteiger charge is -2.08. The summed E-state index contributed by atoms with van der Waals surface area (Å²) in [6.45, 7) is 0.253. The van der Waals surface area contributed by atoms with Crippen LogP contribution < -0.4 is 5.32 Å². The molecule has 9 heteroatoms. The number of benzene rings is 1. The molecule has 1 aromatic carbocycles. The Labute approximate surface area is 112 Å². The highest BCUT2D eigenvalue weighted by molar-refractivity contribution is 8.13. The Hall–Kier alpha value is -1.28. The van der Waals surface area contributed by atoms with E-state index in [2.05, 4.69) is 0 Å². The van der Waals surface area contributed by atoms with Gasteiger partial charge in [-0.2, -0.15) is 0 Å². The molecule has 106 valence electrons. The zero-order valence-corrected chi connectivity index (χ0v) is 11.2. The lowest BCUT2D eigenvalue weighted by Crippen LogP contribution is -2.28. The Morgan fingerprint density at radius 3 is 2.47 bits per heavy atom. The van der Waals surface area contributed by atoms with Crippen molar-refractivity contribution in [2.75, 3.05) is 6.54 Å². The van der Waals surface area contributed by atoms with E-state index in [1.807, 2.05) is 5.32 Å². The van der Waals surface area contributed by atoms with Crippen LogP contribution >= 0.6 is 10.7 Å². The third-order valence-electron chi connectivity index (χ3n) is 2.24. The number of nitrogens with one attached hydrogen (secondary N) is 1. The molecular formula is C10H9ClF3NO3S. The molecule has 0 bridgehead atoms. The molecule has 0 spiro atoms. The van der Waals surface area contributed by atoms with Gasteiger partial charge in [0.1, 0.15) is 5.82 Å². The molecule has 0 atom stereocenters. The maximum Gasteiger partial charge on any atom is 0.261 e. The highest BCUT2D eigenvalue weighted by Crippen LogP contribution is 2.23. The van der Waals surface area contributed by atoms with Crippen LogP contribution in [0.2, 0.25) is 0 Å². The monoisotopic (exact) mass is 315 g/mol. The quantitative estimate of drug-likeness (QED) is 0.865. The molecule has 0 aliphatic carbocycles. The zero-order chi connectivity index (χ0) is 14.8. The summed E-state index contributed by atoms with van der Waals surface area (Å²) < 4.78 is 59.7. The van der Waals surface area contributed by atoms with Crippen LogP contribution in [0.1, 0.15) is 15.9 Å². The molecular weight excluding hydrogens is 307 g/mol. The van der Waals surface area contributed by atoms with Gasteiger partial charge >= 0.3 is 0 Å². The highest BCUT2D eigenvalue weighted by atomic mass is 35.7. The Kier molecular flexibility index (Phi) is 4.81. The van der Waals surface area contributed by atoms with Gasteiger partial charge in [0.15, 0.2) is 0 Å². The van der Waals surface area contributed by atoms with Gasteiger partial charge in [0.25, 0.3) is 21.4 Å². The van der Waals surface area contributed by atoms with Gasteiger partial charge in [0.2, 0.25) is 0 Å². The molecule has 19 heavy (non-hydrogen) atoms. The highest BCUT2D eigenvalue weighted by Gasteiger charge is 2.20. The summed E-state index contributed by atoms with van der Waals surface area (Å²) in [6, 6.07) is 1.59. The Morgan fingerprint density at radius 1 is 1.42 bits per heavy atom. The SMILES string of the molecule is Cc1c(F)cc(C(=O)NCC(F)F)cc1S(=O)(=O)Cl. The molecule has 1 amide bonds. The van der Waals surface area contributed by atoms with Gasteiger partial charge in [0, 0.05) is 21.8 Å². The fraction of sp³-hybridized carbons (Fsp3) is 0.300. The van der Waals surface area contributed by atoms with Crippen molar-refractivity contribution in [2.24, 2.45) is 0 Å². The van der Waals surface area contributed by atoms with Gasteiger partial charge in [-0.25, -0.2) is 21.6 Å². The molecule has 0 radical (unpaired) electrons. The molecule has 1 aromatic rings. The average molecular weight is 316 g/mol. The summed E-state index contributed by atoms with van der Waals surface area (Å²) >= 11 is 0. The fourth-order valence-corrected chi connectivity index (χ4v) is 2.52. The molecule has 0 aliphatic rings. The second-order valence-electron chi connectivity index (χ2n) is 3.62. The maximum atomic E-state index is 13.5. The van der Waals surface area contributed by atoms with Crippen LogP contribution in [-0.4, -0.2) is 27.3 Å². The van der Waals surface area contributed by atoms with E-state index in [1.165, 1.54) is 6.92 Å². The average Bonchev–Trinajstić information content (AvgIpc) is 2.27. The number of carbonyl (C=O) groups excluding carboxylic acids is 1. The van der Waals surface area contributed by atoms with E-state index in [9.17, 15) is 26.4 Å². The second kappa shape index (κ2) is 5.79. The van der Waals surface area contributed by atoms with Crippen LogP contribution in [0.15, 0.2) is 17.0 Å². The second-order valence-corrected chi connectivity index (χ2v) is 6.15. The minimum Gasteiger partial charge on any atom is -0.346 e.